The molecule has 0 N–H and O–H groups in total. The number of hydrogen-bond acceptors (Lipinski definition) is 4. The Hall–Kier alpha value is -2.04. The summed E-state index contributed by atoms with van der Waals surface area (Å²) in [7, 11) is 1.71. The second-order valence-corrected chi connectivity index (χ2v) is 8.25. The summed E-state index contributed by atoms with van der Waals surface area (Å²) in [6, 6.07) is 12.6. The second-order valence-electron chi connectivity index (χ2n) is 7.81. The van der Waals surface area contributed by atoms with Gasteiger partial charge in [0.2, 0.25) is 0 Å². The zero-order valence-corrected chi connectivity index (χ0v) is 19.7. The molecule has 0 bridgehead atoms. The fourth-order valence-corrected chi connectivity index (χ4v) is 4.47. The van der Waals surface area contributed by atoms with Crippen LogP contribution in [-0.2, 0) is 0 Å². The first-order valence-electron chi connectivity index (χ1n) is 11.1. The van der Waals surface area contributed by atoms with Gasteiger partial charge in [-0.2, -0.15) is 0 Å². The van der Waals surface area contributed by atoms with Crippen LogP contribution in [0.4, 0.5) is 5.69 Å². The molecule has 5 heteroatoms. The molecule has 1 unspecified atom stereocenters. The van der Waals surface area contributed by atoms with Crippen LogP contribution in [0.1, 0.15) is 40.5 Å². The molecule has 1 heterocycles. The van der Waals surface area contributed by atoms with Crippen molar-refractivity contribution in [1.29, 1.82) is 0 Å². The molecule has 3 rings (SSSR count). The number of aromatic nitrogens is 1. The van der Waals surface area contributed by atoms with Crippen LogP contribution in [-0.4, -0.2) is 49.2 Å². The quantitative estimate of drug-likeness (QED) is 0.350. The molecular weight excluding hydrogens is 394 g/mol. The van der Waals surface area contributed by atoms with E-state index in [4.69, 9.17) is 21.3 Å². The highest BCUT2D eigenvalue weighted by Crippen LogP contribution is 2.38. The molecule has 4 nitrogen and oxygen atoms in total. The highest BCUT2D eigenvalue weighted by atomic mass is 35.5. The Balaban J connectivity index is 2.05. The minimum atomic E-state index is 0.418. The largest absolute Gasteiger partial charge is 0.497 e. The summed E-state index contributed by atoms with van der Waals surface area (Å²) in [6.07, 6.45) is 2.34. The fourth-order valence-electron chi connectivity index (χ4n) is 4.31. The Labute approximate surface area is 185 Å². The van der Waals surface area contributed by atoms with Crippen molar-refractivity contribution >= 4 is 39.1 Å². The Bertz CT molecular complexity index is 987. The van der Waals surface area contributed by atoms with Crippen LogP contribution in [0.5, 0.6) is 5.75 Å². The average molecular weight is 428 g/mol. The SMILES string of the molecule is CCN(CC)CCCC(C)N(CC)c1c2ccc(Cl)cc2nc2ccc(OC)cc12. The number of nitrogens with zero attached hydrogens (tertiary/aromatic N) is 3. The average Bonchev–Trinajstić information content (AvgIpc) is 2.76. The van der Waals surface area contributed by atoms with Crippen molar-refractivity contribution in [1.82, 2.24) is 9.88 Å². The highest BCUT2D eigenvalue weighted by molar-refractivity contribution is 6.31. The van der Waals surface area contributed by atoms with Gasteiger partial charge in [0.05, 0.1) is 23.8 Å². The number of hydrogen-bond donors (Lipinski definition) is 0. The van der Waals surface area contributed by atoms with Crippen molar-refractivity contribution in [3.63, 3.8) is 0 Å². The van der Waals surface area contributed by atoms with Gasteiger partial charge in [-0.05, 0) is 82.7 Å². The normalized spacial score (nSPS) is 12.6. The minimum absolute atomic E-state index is 0.418. The summed E-state index contributed by atoms with van der Waals surface area (Å²) in [6.45, 7) is 13.3. The number of fused-ring (bicyclic) bond motifs is 2. The lowest BCUT2D eigenvalue weighted by atomic mass is 10.0. The molecule has 162 valence electrons. The van der Waals surface area contributed by atoms with E-state index in [0.29, 0.717) is 11.1 Å². The first-order valence-corrected chi connectivity index (χ1v) is 11.5. The summed E-state index contributed by atoms with van der Waals surface area (Å²) in [5.41, 5.74) is 3.13. The second kappa shape index (κ2) is 10.3. The Morgan fingerprint density at radius 1 is 0.967 bits per heavy atom. The van der Waals surface area contributed by atoms with Crippen LogP contribution >= 0.6 is 11.6 Å². The summed E-state index contributed by atoms with van der Waals surface area (Å²) in [5, 5.41) is 2.98. The lowest BCUT2D eigenvalue weighted by Gasteiger charge is -2.33. The molecule has 3 aromatic rings. The molecule has 1 aromatic heterocycles. The molecule has 1 atom stereocenters. The Morgan fingerprint density at radius 2 is 1.73 bits per heavy atom. The van der Waals surface area contributed by atoms with E-state index in [-0.39, 0.29) is 0 Å². The monoisotopic (exact) mass is 427 g/mol. The molecule has 0 radical (unpaired) electrons. The number of anilines is 1. The van der Waals surface area contributed by atoms with E-state index in [1.807, 2.05) is 24.3 Å². The maximum Gasteiger partial charge on any atom is 0.119 e. The molecule has 0 spiro atoms. The van der Waals surface area contributed by atoms with Crippen molar-refractivity contribution in [2.75, 3.05) is 38.2 Å². The Morgan fingerprint density at radius 3 is 2.40 bits per heavy atom. The van der Waals surface area contributed by atoms with Gasteiger partial charge in [-0.15, -0.1) is 0 Å². The predicted molar refractivity (Wildman–Crippen MR) is 130 cm³/mol. The highest BCUT2D eigenvalue weighted by Gasteiger charge is 2.20. The van der Waals surface area contributed by atoms with Crippen molar-refractivity contribution in [2.45, 2.75) is 46.6 Å². The summed E-state index contributed by atoms with van der Waals surface area (Å²) < 4.78 is 5.53. The lowest BCUT2D eigenvalue weighted by molar-refractivity contribution is 0.293. The topological polar surface area (TPSA) is 28.6 Å². The minimum Gasteiger partial charge on any atom is -0.497 e. The smallest absolute Gasteiger partial charge is 0.119 e. The van der Waals surface area contributed by atoms with Gasteiger partial charge < -0.3 is 14.5 Å². The first-order chi connectivity index (χ1) is 14.5. The van der Waals surface area contributed by atoms with E-state index < -0.39 is 0 Å². The molecule has 0 fully saturated rings. The van der Waals surface area contributed by atoms with Gasteiger partial charge in [-0.3, -0.25) is 0 Å². The van der Waals surface area contributed by atoms with Gasteiger partial charge in [0, 0.05) is 28.4 Å². The molecule has 2 aromatic carbocycles. The van der Waals surface area contributed by atoms with Gasteiger partial charge in [0.15, 0.2) is 0 Å². The molecule has 0 aliphatic rings. The van der Waals surface area contributed by atoms with Crippen LogP contribution in [0.3, 0.4) is 0 Å². The van der Waals surface area contributed by atoms with Crippen molar-refractivity contribution in [3.05, 3.63) is 41.4 Å². The van der Waals surface area contributed by atoms with Gasteiger partial charge in [-0.25, -0.2) is 4.98 Å². The van der Waals surface area contributed by atoms with Gasteiger partial charge in [0.25, 0.3) is 0 Å². The van der Waals surface area contributed by atoms with Crippen LogP contribution in [0.2, 0.25) is 5.02 Å². The van der Waals surface area contributed by atoms with Crippen LogP contribution in [0.15, 0.2) is 36.4 Å². The number of pyridine rings is 1. The van der Waals surface area contributed by atoms with E-state index in [9.17, 15) is 0 Å². The maximum absolute atomic E-state index is 6.29. The number of methoxy groups -OCH3 is 1. The van der Waals surface area contributed by atoms with Crippen molar-refractivity contribution in [3.8, 4) is 5.75 Å². The summed E-state index contributed by atoms with van der Waals surface area (Å²) in [5.74, 6) is 0.851. The molecule has 0 aliphatic carbocycles. The van der Waals surface area contributed by atoms with Crippen molar-refractivity contribution in [2.24, 2.45) is 0 Å². The standard InChI is InChI=1S/C25H34ClN3O/c1-6-28(7-2)15-9-10-18(4)29(8-3)25-21-13-11-19(26)16-24(21)27-23-14-12-20(30-5)17-22(23)25/h11-14,16-18H,6-10,15H2,1-5H3. The van der Waals surface area contributed by atoms with Crippen molar-refractivity contribution < 1.29 is 4.74 Å². The first kappa shape index (κ1) is 22.6. The van der Waals surface area contributed by atoms with Gasteiger partial charge in [-0.1, -0.05) is 25.4 Å². The number of ether oxygens (including phenoxy) is 1. The number of rotatable bonds is 10. The van der Waals surface area contributed by atoms with Gasteiger partial charge in [0.1, 0.15) is 5.75 Å². The van der Waals surface area contributed by atoms with E-state index in [1.165, 1.54) is 12.1 Å². The number of benzene rings is 2. The number of halogens is 1. The predicted octanol–water partition coefficient (Wildman–Crippen LogP) is 6.39. The fraction of sp³-hybridized carbons (Fsp3) is 0.480. The molecule has 30 heavy (non-hydrogen) atoms. The molecular formula is C25H34ClN3O. The van der Waals surface area contributed by atoms with Crippen LogP contribution in [0, 0.1) is 0 Å². The zero-order chi connectivity index (χ0) is 21.7. The molecule has 0 aliphatic heterocycles. The zero-order valence-electron chi connectivity index (χ0n) is 18.9. The van der Waals surface area contributed by atoms with E-state index in [0.717, 1.165) is 60.2 Å². The van der Waals surface area contributed by atoms with Crippen LogP contribution in [0.25, 0.3) is 21.8 Å². The lowest BCUT2D eigenvalue weighted by Crippen LogP contribution is -2.34. The summed E-state index contributed by atoms with van der Waals surface area (Å²) >= 11 is 6.29. The molecule has 0 amide bonds. The van der Waals surface area contributed by atoms with E-state index in [1.54, 1.807) is 7.11 Å². The van der Waals surface area contributed by atoms with E-state index >= 15 is 0 Å². The third-order valence-electron chi connectivity index (χ3n) is 6.07. The maximum atomic E-state index is 6.29. The third-order valence-corrected chi connectivity index (χ3v) is 6.30. The van der Waals surface area contributed by atoms with E-state index in [2.05, 4.69) is 49.6 Å². The molecule has 0 saturated carbocycles. The summed E-state index contributed by atoms with van der Waals surface area (Å²) in [4.78, 5) is 9.89. The van der Waals surface area contributed by atoms with Gasteiger partial charge >= 0.3 is 0 Å². The van der Waals surface area contributed by atoms with Crippen LogP contribution < -0.4 is 9.64 Å². The Kier molecular flexibility index (Phi) is 7.79. The molecule has 0 saturated heterocycles. The third kappa shape index (κ3) is 4.81.